The highest BCUT2D eigenvalue weighted by Crippen LogP contribution is 2.29. The quantitative estimate of drug-likeness (QED) is 0.626. The van der Waals surface area contributed by atoms with Gasteiger partial charge in [0, 0.05) is 17.0 Å². The minimum Gasteiger partial charge on any atom is -0.479 e. The summed E-state index contributed by atoms with van der Waals surface area (Å²) in [6.45, 7) is 3.95. The number of benzene rings is 1. The topological polar surface area (TPSA) is 65.7 Å². The molecule has 0 saturated carbocycles. The number of rotatable bonds is 5. The zero-order valence-corrected chi connectivity index (χ0v) is 13.4. The van der Waals surface area contributed by atoms with E-state index in [1.807, 2.05) is 13.0 Å². The third-order valence-electron chi connectivity index (χ3n) is 4.04. The van der Waals surface area contributed by atoms with Crippen molar-refractivity contribution >= 4 is 16.9 Å². The largest absolute Gasteiger partial charge is 0.479 e. The van der Waals surface area contributed by atoms with Crippen molar-refractivity contribution in [3.05, 3.63) is 39.7 Å². The third kappa shape index (κ3) is 3.09. The summed E-state index contributed by atoms with van der Waals surface area (Å²) in [5.41, 5.74) is 2.11. The van der Waals surface area contributed by atoms with Gasteiger partial charge in [0.1, 0.15) is 11.3 Å². The van der Waals surface area contributed by atoms with E-state index in [1.54, 1.807) is 19.1 Å². The van der Waals surface area contributed by atoms with Gasteiger partial charge < -0.3 is 13.9 Å². The maximum absolute atomic E-state index is 12.0. The van der Waals surface area contributed by atoms with Gasteiger partial charge in [-0.15, -0.1) is 0 Å². The minimum atomic E-state index is -0.708. The van der Waals surface area contributed by atoms with Crippen LogP contribution in [0.4, 0.5) is 0 Å². The first-order chi connectivity index (χ1) is 11.1. The van der Waals surface area contributed by atoms with Crippen molar-refractivity contribution in [3.8, 4) is 5.75 Å². The predicted molar refractivity (Wildman–Crippen MR) is 85.8 cm³/mol. The highest BCUT2D eigenvalue weighted by Gasteiger charge is 2.21. The van der Waals surface area contributed by atoms with E-state index in [4.69, 9.17) is 13.9 Å². The fourth-order valence-corrected chi connectivity index (χ4v) is 2.91. The van der Waals surface area contributed by atoms with Crippen molar-refractivity contribution < 1.29 is 18.7 Å². The molecule has 1 aromatic carbocycles. The number of ether oxygens (including phenoxy) is 2. The second-order valence-corrected chi connectivity index (χ2v) is 5.79. The Hall–Kier alpha value is -2.30. The molecule has 5 nitrogen and oxygen atoms in total. The predicted octanol–water partition coefficient (Wildman–Crippen LogP) is 3.00. The molecule has 0 amide bonds. The SMILES string of the molecule is CCCOC(=O)[C@H](C)Oc1ccc2c3c(c(=O)oc2c1)CCC3. The summed E-state index contributed by atoms with van der Waals surface area (Å²) >= 11 is 0. The van der Waals surface area contributed by atoms with E-state index >= 15 is 0 Å². The second-order valence-electron chi connectivity index (χ2n) is 5.79. The van der Waals surface area contributed by atoms with Crippen molar-refractivity contribution in [2.75, 3.05) is 6.61 Å². The number of fused-ring (bicyclic) bond motifs is 3. The summed E-state index contributed by atoms with van der Waals surface area (Å²) in [4.78, 5) is 23.8. The first kappa shape index (κ1) is 15.6. The Morgan fingerprint density at radius 3 is 2.87 bits per heavy atom. The van der Waals surface area contributed by atoms with Crippen molar-refractivity contribution in [3.63, 3.8) is 0 Å². The lowest BCUT2D eigenvalue weighted by Crippen LogP contribution is -2.26. The standard InChI is InChI=1S/C18H20O5/c1-3-9-21-17(19)11(2)22-12-7-8-14-13-5-4-6-15(13)18(20)23-16(14)10-12/h7-8,10-11H,3-6,9H2,1-2H3/t11-/m0/s1. The van der Waals surface area contributed by atoms with Gasteiger partial charge in [0.15, 0.2) is 6.10 Å². The normalized spacial score (nSPS) is 14.5. The molecule has 0 bridgehead atoms. The third-order valence-corrected chi connectivity index (χ3v) is 4.04. The monoisotopic (exact) mass is 316 g/mol. The molecule has 1 aromatic heterocycles. The number of carbonyl (C=O) groups excluding carboxylic acids is 1. The molecule has 0 unspecified atom stereocenters. The minimum absolute atomic E-state index is 0.266. The lowest BCUT2D eigenvalue weighted by molar-refractivity contribution is -0.151. The van der Waals surface area contributed by atoms with Gasteiger partial charge in [-0.3, -0.25) is 0 Å². The Labute approximate surface area is 134 Å². The molecule has 23 heavy (non-hydrogen) atoms. The molecule has 0 aliphatic heterocycles. The van der Waals surface area contributed by atoms with Crippen LogP contribution in [0.1, 0.15) is 37.8 Å². The molecule has 1 heterocycles. The molecule has 0 N–H and O–H groups in total. The maximum atomic E-state index is 12.0. The molecule has 0 fully saturated rings. The Morgan fingerprint density at radius 1 is 1.30 bits per heavy atom. The lowest BCUT2D eigenvalue weighted by atomic mass is 10.1. The van der Waals surface area contributed by atoms with Gasteiger partial charge in [-0.25, -0.2) is 9.59 Å². The lowest BCUT2D eigenvalue weighted by Gasteiger charge is -2.14. The van der Waals surface area contributed by atoms with Crippen LogP contribution in [-0.2, 0) is 22.4 Å². The van der Waals surface area contributed by atoms with Crippen LogP contribution in [0.3, 0.4) is 0 Å². The molecule has 3 rings (SSSR count). The molecule has 0 radical (unpaired) electrons. The van der Waals surface area contributed by atoms with E-state index in [0.29, 0.717) is 17.9 Å². The Bertz CT molecular complexity index is 790. The average molecular weight is 316 g/mol. The van der Waals surface area contributed by atoms with Gasteiger partial charge in [-0.05, 0) is 50.3 Å². The van der Waals surface area contributed by atoms with Gasteiger partial charge >= 0.3 is 11.6 Å². The summed E-state index contributed by atoms with van der Waals surface area (Å²) < 4.78 is 16.1. The van der Waals surface area contributed by atoms with Gasteiger partial charge in [-0.2, -0.15) is 0 Å². The molecular weight excluding hydrogens is 296 g/mol. The van der Waals surface area contributed by atoms with Gasteiger partial charge in [0.25, 0.3) is 0 Å². The zero-order chi connectivity index (χ0) is 16.4. The van der Waals surface area contributed by atoms with Crippen LogP contribution in [-0.4, -0.2) is 18.7 Å². The first-order valence-electron chi connectivity index (χ1n) is 8.02. The molecule has 122 valence electrons. The summed E-state index contributed by atoms with van der Waals surface area (Å²) in [6.07, 6.45) is 2.73. The van der Waals surface area contributed by atoms with E-state index in [0.717, 1.165) is 42.2 Å². The fraction of sp³-hybridized carbons (Fsp3) is 0.444. The highest BCUT2D eigenvalue weighted by molar-refractivity contribution is 5.83. The van der Waals surface area contributed by atoms with Crippen LogP contribution < -0.4 is 10.4 Å². The second kappa shape index (κ2) is 6.44. The van der Waals surface area contributed by atoms with Crippen molar-refractivity contribution in [1.82, 2.24) is 0 Å². The van der Waals surface area contributed by atoms with Crippen LogP contribution >= 0.6 is 0 Å². The van der Waals surface area contributed by atoms with E-state index in [2.05, 4.69) is 0 Å². The van der Waals surface area contributed by atoms with Crippen LogP contribution in [0.2, 0.25) is 0 Å². The Balaban J connectivity index is 1.85. The Morgan fingerprint density at radius 2 is 2.09 bits per heavy atom. The van der Waals surface area contributed by atoms with Crippen LogP contribution in [0, 0.1) is 0 Å². The molecule has 0 saturated heterocycles. The smallest absolute Gasteiger partial charge is 0.347 e. The number of hydrogen-bond acceptors (Lipinski definition) is 5. The highest BCUT2D eigenvalue weighted by atomic mass is 16.6. The number of esters is 1. The van der Waals surface area contributed by atoms with Crippen LogP contribution in [0.5, 0.6) is 5.75 Å². The van der Waals surface area contributed by atoms with Gasteiger partial charge in [0.05, 0.1) is 6.61 Å². The summed E-state index contributed by atoms with van der Waals surface area (Å²) in [6, 6.07) is 5.35. The van der Waals surface area contributed by atoms with Crippen molar-refractivity contribution in [1.29, 1.82) is 0 Å². The fourth-order valence-electron chi connectivity index (χ4n) is 2.91. The Kier molecular flexibility index (Phi) is 4.37. The van der Waals surface area contributed by atoms with Gasteiger partial charge in [-0.1, -0.05) is 6.92 Å². The molecular formula is C18H20O5. The van der Waals surface area contributed by atoms with E-state index in [9.17, 15) is 9.59 Å². The number of carbonyl (C=O) groups is 1. The maximum Gasteiger partial charge on any atom is 0.347 e. The molecule has 5 heteroatoms. The van der Waals surface area contributed by atoms with Gasteiger partial charge in [0.2, 0.25) is 0 Å². The van der Waals surface area contributed by atoms with E-state index in [1.165, 1.54) is 0 Å². The molecule has 0 spiro atoms. The average Bonchev–Trinajstić information content (AvgIpc) is 3.02. The molecule has 2 aromatic rings. The van der Waals surface area contributed by atoms with Crippen LogP contribution in [0.25, 0.3) is 11.0 Å². The molecule has 1 aliphatic rings. The van der Waals surface area contributed by atoms with E-state index in [-0.39, 0.29) is 5.63 Å². The van der Waals surface area contributed by atoms with Crippen molar-refractivity contribution in [2.45, 2.75) is 45.6 Å². The van der Waals surface area contributed by atoms with Crippen molar-refractivity contribution in [2.24, 2.45) is 0 Å². The summed E-state index contributed by atoms with van der Waals surface area (Å²) in [7, 11) is 0. The summed E-state index contributed by atoms with van der Waals surface area (Å²) in [5, 5.41) is 0.950. The molecule has 1 aliphatic carbocycles. The van der Waals surface area contributed by atoms with Crippen LogP contribution in [0.15, 0.2) is 27.4 Å². The first-order valence-corrected chi connectivity index (χ1v) is 8.02. The zero-order valence-electron chi connectivity index (χ0n) is 13.4. The molecule has 1 atom stereocenters. The summed E-state index contributed by atoms with van der Waals surface area (Å²) in [5.74, 6) is 0.0851. The number of aryl methyl sites for hydroxylation is 1. The van der Waals surface area contributed by atoms with E-state index < -0.39 is 12.1 Å². The number of hydrogen-bond donors (Lipinski definition) is 0.